The monoisotopic (exact) mass is 232 g/mol. The van der Waals surface area contributed by atoms with Crippen LogP contribution in [0, 0.1) is 18.8 Å². The van der Waals surface area contributed by atoms with Crippen LogP contribution in [0.3, 0.4) is 0 Å². The molecule has 0 aliphatic heterocycles. The number of para-hydroxylation sites is 1. The molecule has 94 valence electrons. The number of rotatable bonds is 2. The fraction of sp³-hybridized carbons (Fsp3) is 0.600. The van der Waals surface area contributed by atoms with Crippen LogP contribution in [0.25, 0.3) is 0 Å². The molecule has 2 heteroatoms. The first-order valence-electron chi connectivity index (χ1n) is 6.69. The molecule has 0 spiro atoms. The van der Waals surface area contributed by atoms with Crippen molar-refractivity contribution in [3.8, 4) is 0 Å². The molecule has 0 saturated heterocycles. The summed E-state index contributed by atoms with van der Waals surface area (Å²) in [6.45, 7) is 6.76. The normalized spacial score (nSPS) is 29.0. The maximum Gasteiger partial charge on any atom is 0.0579 e. The van der Waals surface area contributed by atoms with Crippen molar-refractivity contribution in [2.45, 2.75) is 46.1 Å². The first-order valence-corrected chi connectivity index (χ1v) is 6.69. The van der Waals surface area contributed by atoms with Gasteiger partial charge < -0.3 is 11.1 Å². The first kappa shape index (κ1) is 12.3. The molecule has 1 aromatic rings. The molecule has 1 saturated carbocycles. The lowest BCUT2D eigenvalue weighted by Crippen LogP contribution is -2.33. The standard InChI is InChI=1S/C15H24N2/c1-10-7-8-13(12(3)9-10)17-14-6-4-5-11(2)15(14)16/h4-6,10,12-13,17H,7-9,16H2,1-3H3. The average Bonchev–Trinajstić information content (AvgIpc) is 2.28. The molecule has 3 N–H and O–H groups in total. The van der Waals surface area contributed by atoms with E-state index in [1.54, 1.807) is 0 Å². The van der Waals surface area contributed by atoms with Crippen LogP contribution in [-0.2, 0) is 0 Å². The van der Waals surface area contributed by atoms with Gasteiger partial charge in [0.25, 0.3) is 0 Å². The highest BCUT2D eigenvalue weighted by atomic mass is 14.9. The highest BCUT2D eigenvalue weighted by Crippen LogP contribution is 2.32. The Hall–Kier alpha value is -1.18. The lowest BCUT2D eigenvalue weighted by molar-refractivity contribution is 0.276. The van der Waals surface area contributed by atoms with E-state index in [9.17, 15) is 0 Å². The van der Waals surface area contributed by atoms with Crippen LogP contribution in [0.2, 0.25) is 0 Å². The van der Waals surface area contributed by atoms with Crippen molar-refractivity contribution in [1.29, 1.82) is 0 Å². The first-order chi connectivity index (χ1) is 8.08. The Labute approximate surface area is 105 Å². The van der Waals surface area contributed by atoms with E-state index < -0.39 is 0 Å². The number of nitrogen functional groups attached to an aromatic ring is 1. The highest BCUT2D eigenvalue weighted by molar-refractivity contribution is 5.69. The fourth-order valence-electron chi connectivity index (χ4n) is 2.89. The topological polar surface area (TPSA) is 38.0 Å². The second-order valence-electron chi connectivity index (χ2n) is 5.68. The van der Waals surface area contributed by atoms with Crippen LogP contribution in [0.15, 0.2) is 18.2 Å². The van der Waals surface area contributed by atoms with Gasteiger partial charge in [0, 0.05) is 6.04 Å². The van der Waals surface area contributed by atoms with Gasteiger partial charge in [-0.1, -0.05) is 26.0 Å². The molecule has 2 nitrogen and oxygen atoms in total. The minimum atomic E-state index is 0.579. The summed E-state index contributed by atoms with van der Waals surface area (Å²) in [5.74, 6) is 1.61. The minimum absolute atomic E-state index is 0.579. The van der Waals surface area contributed by atoms with Gasteiger partial charge in [-0.05, 0) is 49.7 Å². The van der Waals surface area contributed by atoms with Crippen LogP contribution >= 0.6 is 0 Å². The van der Waals surface area contributed by atoms with Crippen LogP contribution in [0.4, 0.5) is 11.4 Å². The summed E-state index contributed by atoms with van der Waals surface area (Å²) in [6, 6.07) is 6.81. The van der Waals surface area contributed by atoms with E-state index in [0.717, 1.165) is 28.8 Å². The fourth-order valence-corrected chi connectivity index (χ4v) is 2.89. The van der Waals surface area contributed by atoms with Crippen LogP contribution in [0.5, 0.6) is 0 Å². The van der Waals surface area contributed by atoms with E-state index >= 15 is 0 Å². The number of nitrogens with one attached hydrogen (secondary N) is 1. The summed E-state index contributed by atoms with van der Waals surface area (Å²) in [5, 5.41) is 3.64. The van der Waals surface area contributed by atoms with Gasteiger partial charge in [-0.3, -0.25) is 0 Å². The van der Waals surface area contributed by atoms with Crippen molar-refractivity contribution in [3.05, 3.63) is 23.8 Å². The Bertz CT molecular complexity index is 387. The van der Waals surface area contributed by atoms with Crippen molar-refractivity contribution >= 4 is 11.4 Å². The molecule has 0 amide bonds. The van der Waals surface area contributed by atoms with Crippen molar-refractivity contribution in [1.82, 2.24) is 0 Å². The molecule has 3 atom stereocenters. The average molecular weight is 232 g/mol. The van der Waals surface area contributed by atoms with Gasteiger partial charge in [-0.15, -0.1) is 0 Å². The predicted molar refractivity (Wildman–Crippen MR) is 75.2 cm³/mol. The van der Waals surface area contributed by atoms with Gasteiger partial charge in [0.2, 0.25) is 0 Å². The third-order valence-corrected chi connectivity index (χ3v) is 4.10. The molecule has 17 heavy (non-hydrogen) atoms. The molecule has 0 radical (unpaired) electrons. The Balaban J connectivity index is 2.08. The summed E-state index contributed by atoms with van der Waals surface area (Å²) < 4.78 is 0. The van der Waals surface area contributed by atoms with Gasteiger partial charge in [-0.25, -0.2) is 0 Å². The zero-order chi connectivity index (χ0) is 12.4. The van der Waals surface area contributed by atoms with Gasteiger partial charge in [-0.2, -0.15) is 0 Å². The summed E-state index contributed by atoms with van der Waals surface area (Å²) >= 11 is 0. The second kappa shape index (κ2) is 4.99. The number of benzene rings is 1. The number of hydrogen-bond acceptors (Lipinski definition) is 2. The molecule has 0 heterocycles. The second-order valence-corrected chi connectivity index (χ2v) is 5.68. The zero-order valence-corrected chi connectivity index (χ0v) is 11.2. The van der Waals surface area contributed by atoms with Crippen molar-refractivity contribution in [2.75, 3.05) is 11.1 Å². The molecular weight excluding hydrogens is 208 g/mol. The third kappa shape index (κ3) is 2.74. The van der Waals surface area contributed by atoms with Crippen LogP contribution < -0.4 is 11.1 Å². The molecule has 1 aromatic carbocycles. The summed E-state index contributed by atoms with van der Waals surface area (Å²) in [4.78, 5) is 0. The lowest BCUT2D eigenvalue weighted by atomic mass is 9.80. The van der Waals surface area contributed by atoms with Crippen molar-refractivity contribution in [3.63, 3.8) is 0 Å². The lowest BCUT2D eigenvalue weighted by Gasteiger charge is -2.34. The van der Waals surface area contributed by atoms with Gasteiger partial charge in [0.15, 0.2) is 0 Å². The SMILES string of the molecule is Cc1cccc(NC2CCC(C)CC2C)c1N. The van der Waals surface area contributed by atoms with E-state index in [1.165, 1.54) is 19.3 Å². The maximum atomic E-state index is 6.11. The summed E-state index contributed by atoms with van der Waals surface area (Å²) in [6.07, 6.45) is 3.91. The van der Waals surface area contributed by atoms with E-state index in [-0.39, 0.29) is 0 Å². The van der Waals surface area contributed by atoms with E-state index in [4.69, 9.17) is 5.73 Å². The Morgan fingerprint density at radius 2 is 2.00 bits per heavy atom. The number of hydrogen-bond donors (Lipinski definition) is 2. The smallest absolute Gasteiger partial charge is 0.0579 e. The van der Waals surface area contributed by atoms with Gasteiger partial charge in [0.05, 0.1) is 11.4 Å². The van der Waals surface area contributed by atoms with Gasteiger partial charge >= 0.3 is 0 Å². The molecule has 0 aromatic heterocycles. The van der Waals surface area contributed by atoms with Crippen LogP contribution in [0.1, 0.15) is 38.7 Å². The molecule has 3 unspecified atom stereocenters. The van der Waals surface area contributed by atoms with Gasteiger partial charge in [0.1, 0.15) is 0 Å². The van der Waals surface area contributed by atoms with Crippen LogP contribution in [-0.4, -0.2) is 6.04 Å². The number of nitrogens with two attached hydrogens (primary N) is 1. The molecule has 1 aliphatic carbocycles. The van der Waals surface area contributed by atoms with E-state index in [1.807, 2.05) is 0 Å². The summed E-state index contributed by atoms with van der Waals surface area (Å²) in [5.41, 5.74) is 9.28. The van der Waals surface area contributed by atoms with E-state index in [2.05, 4.69) is 44.3 Å². The Kier molecular flexibility index (Phi) is 3.60. The summed E-state index contributed by atoms with van der Waals surface area (Å²) in [7, 11) is 0. The van der Waals surface area contributed by atoms with Crippen molar-refractivity contribution in [2.24, 2.45) is 11.8 Å². The Morgan fingerprint density at radius 1 is 1.24 bits per heavy atom. The number of anilines is 2. The zero-order valence-electron chi connectivity index (χ0n) is 11.2. The quantitative estimate of drug-likeness (QED) is 0.761. The molecule has 0 bridgehead atoms. The molecular formula is C15H24N2. The highest BCUT2D eigenvalue weighted by Gasteiger charge is 2.25. The largest absolute Gasteiger partial charge is 0.397 e. The third-order valence-electron chi connectivity index (χ3n) is 4.10. The van der Waals surface area contributed by atoms with Crippen molar-refractivity contribution < 1.29 is 0 Å². The molecule has 2 rings (SSSR count). The number of aryl methyl sites for hydroxylation is 1. The van der Waals surface area contributed by atoms with E-state index in [0.29, 0.717) is 6.04 Å². The molecule has 1 fully saturated rings. The molecule has 1 aliphatic rings. The Morgan fingerprint density at radius 3 is 2.71 bits per heavy atom. The maximum absolute atomic E-state index is 6.11. The predicted octanol–water partition coefficient (Wildman–Crippen LogP) is 3.81. The minimum Gasteiger partial charge on any atom is -0.397 e.